The highest BCUT2D eigenvalue weighted by atomic mass is 16.5. The summed E-state index contributed by atoms with van der Waals surface area (Å²) in [6, 6.07) is 7.65. The van der Waals surface area contributed by atoms with Crippen LogP contribution in [0.3, 0.4) is 0 Å². The molecule has 0 spiro atoms. The van der Waals surface area contributed by atoms with Crippen LogP contribution in [0.5, 0.6) is 0 Å². The second-order valence-electron chi connectivity index (χ2n) is 5.29. The highest BCUT2D eigenvalue weighted by Gasteiger charge is 2.26. The Kier molecular flexibility index (Phi) is 3.40. The van der Waals surface area contributed by atoms with Crippen molar-refractivity contribution in [1.82, 2.24) is 19.9 Å². The van der Waals surface area contributed by atoms with Crippen LogP contribution in [0.25, 0.3) is 11.0 Å². The molecule has 106 valence electrons. The van der Waals surface area contributed by atoms with Crippen molar-refractivity contribution in [2.45, 2.75) is 32.6 Å². The molecule has 1 amide bonds. The maximum Gasteiger partial charge on any atom is 0.244 e. The highest BCUT2D eigenvalue weighted by Crippen LogP contribution is 2.13. The van der Waals surface area contributed by atoms with Gasteiger partial charge in [0.15, 0.2) is 0 Å². The molecule has 0 radical (unpaired) electrons. The van der Waals surface area contributed by atoms with E-state index in [1.54, 1.807) is 4.68 Å². The Labute approximate surface area is 117 Å². The van der Waals surface area contributed by atoms with E-state index in [2.05, 4.69) is 10.3 Å². The molecular formula is C14H18N4O2. The van der Waals surface area contributed by atoms with Crippen LogP contribution in [0, 0.1) is 0 Å². The molecule has 1 fully saturated rings. The van der Waals surface area contributed by atoms with Crippen LogP contribution in [0.4, 0.5) is 0 Å². The number of fused-ring (bicyclic) bond motifs is 1. The monoisotopic (exact) mass is 274 g/mol. The van der Waals surface area contributed by atoms with E-state index in [9.17, 15) is 4.79 Å². The molecule has 0 bridgehead atoms. The van der Waals surface area contributed by atoms with Crippen molar-refractivity contribution in [3.63, 3.8) is 0 Å². The molecule has 1 saturated heterocycles. The lowest BCUT2D eigenvalue weighted by Crippen LogP contribution is -2.49. The van der Waals surface area contributed by atoms with Crippen molar-refractivity contribution in [3.8, 4) is 0 Å². The Balaban J connectivity index is 1.75. The van der Waals surface area contributed by atoms with Gasteiger partial charge in [-0.05, 0) is 26.0 Å². The zero-order chi connectivity index (χ0) is 14.1. The maximum atomic E-state index is 12.4. The number of hydrogen-bond donors (Lipinski definition) is 0. The third kappa shape index (κ3) is 2.51. The first-order chi connectivity index (χ1) is 9.63. The Morgan fingerprint density at radius 2 is 2.00 bits per heavy atom. The fourth-order valence-electron chi connectivity index (χ4n) is 2.64. The lowest BCUT2D eigenvalue weighted by Gasteiger charge is -2.35. The van der Waals surface area contributed by atoms with Crippen LogP contribution in [-0.2, 0) is 16.1 Å². The van der Waals surface area contributed by atoms with Crippen molar-refractivity contribution < 1.29 is 9.53 Å². The average Bonchev–Trinajstić information content (AvgIpc) is 2.81. The molecule has 0 unspecified atom stereocenters. The van der Waals surface area contributed by atoms with Gasteiger partial charge in [-0.3, -0.25) is 4.79 Å². The van der Waals surface area contributed by atoms with Crippen molar-refractivity contribution in [1.29, 1.82) is 0 Å². The number of rotatable bonds is 2. The summed E-state index contributed by atoms with van der Waals surface area (Å²) < 4.78 is 7.30. The minimum Gasteiger partial charge on any atom is -0.372 e. The minimum absolute atomic E-state index is 0.0580. The summed E-state index contributed by atoms with van der Waals surface area (Å²) in [6.45, 7) is 5.47. The molecule has 6 nitrogen and oxygen atoms in total. The normalized spacial score (nSPS) is 23.2. The third-order valence-electron chi connectivity index (χ3n) is 3.48. The van der Waals surface area contributed by atoms with Crippen molar-refractivity contribution in [2.24, 2.45) is 0 Å². The number of hydrogen-bond acceptors (Lipinski definition) is 4. The van der Waals surface area contributed by atoms with E-state index in [0.717, 1.165) is 11.0 Å². The van der Waals surface area contributed by atoms with Gasteiger partial charge in [0, 0.05) is 13.1 Å². The van der Waals surface area contributed by atoms with Gasteiger partial charge >= 0.3 is 0 Å². The molecule has 2 aromatic rings. The smallest absolute Gasteiger partial charge is 0.244 e. The molecule has 1 aliphatic rings. The summed E-state index contributed by atoms with van der Waals surface area (Å²) in [5.74, 6) is 0.0580. The molecule has 3 rings (SSSR count). The van der Waals surface area contributed by atoms with E-state index in [4.69, 9.17) is 4.74 Å². The van der Waals surface area contributed by atoms with Crippen molar-refractivity contribution in [2.75, 3.05) is 13.1 Å². The lowest BCUT2D eigenvalue weighted by molar-refractivity contribution is -0.143. The minimum atomic E-state index is 0.0580. The maximum absolute atomic E-state index is 12.4. The molecule has 2 atom stereocenters. The summed E-state index contributed by atoms with van der Waals surface area (Å²) in [5, 5.41) is 8.12. The first-order valence-electron chi connectivity index (χ1n) is 6.85. The van der Waals surface area contributed by atoms with Crippen LogP contribution in [0.2, 0.25) is 0 Å². The topological polar surface area (TPSA) is 60.2 Å². The van der Waals surface area contributed by atoms with E-state index >= 15 is 0 Å². The molecule has 0 aliphatic carbocycles. The number of nitrogens with zero attached hydrogens (tertiary/aromatic N) is 4. The van der Waals surface area contributed by atoms with Crippen molar-refractivity contribution >= 4 is 16.9 Å². The van der Waals surface area contributed by atoms with Gasteiger partial charge in [0.05, 0.1) is 17.7 Å². The van der Waals surface area contributed by atoms with Gasteiger partial charge < -0.3 is 9.64 Å². The predicted molar refractivity (Wildman–Crippen MR) is 74.1 cm³/mol. The fourth-order valence-corrected chi connectivity index (χ4v) is 2.64. The summed E-state index contributed by atoms with van der Waals surface area (Å²) in [6.07, 6.45) is 0.158. The summed E-state index contributed by atoms with van der Waals surface area (Å²) in [5.41, 5.74) is 1.69. The molecule has 0 saturated carbocycles. The van der Waals surface area contributed by atoms with Crippen LogP contribution in [0.1, 0.15) is 13.8 Å². The molecule has 2 heterocycles. The molecule has 1 aromatic carbocycles. The predicted octanol–water partition coefficient (Wildman–Crippen LogP) is 1.07. The number of carbonyl (C=O) groups is 1. The van der Waals surface area contributed by atoms with Crippen LogP contribution in [0.15, 0.2) is 24.3 Å². The van der Waals surface area contributed by atoms with Crippen molar-refractivity contribution in [3.05, 3.63) is 24.3 Å². The standard InChI is InChI=1S/C14H18N4O2/c1-10-7-17(8-11(2)20-10)14(19)9-18-13-6-4-3-5-12(13)15-16-18/h3-6,10-11H,7-9H2,1-2H3/t10-,11-/m1/s1. The van der Waals surface area contributed by atoms with Gasteiger partial charge in [-0.15, -0.1) is 5.10 Å². The Bertz CT molecular complexity index is 614. The van der Waals surface area contributed by atoms with Gasteiger partial charge in [-0.2, -0.15) is 0 Å². The van der Waals surface area contributed by atoms with Gasteiger partial charge in [0.1, 0.15) is 12.1 Å². The Hall–Kier alpha value is -1.95. The largest absolute Gasteiger partial charge is 0.372 e. The second kappa shape index (κ2) is 5.20. The van der Waals surface area contributed by atoms with Gasteiger partial charge in [-0.25, -0.2) is 4.68 Å². The second-order valence-corrected chi connectivity index (χ2v) is 5.29. The van der Waals surface area contributed by atoms with Gasteiger partial charge in [0.25, 0.3) is 0 Å². The van der Waals surface area contributed by atoms with Crippen LogP contribution >= 0.6 is 0 Å². The molecule has 0 N–H and O–H groups in total. The highest BCUT2D eigenvalue weighted by molar-refractivity contribution is 5.79. The van der Waals surface area contributed by atoms with Crippen LogP contribution < -0.4 is 0 Å². The van der Waals surface area contributed by atoms with Gasteiger partial charge in [-0.1, -0.05) is 17.3 Å². The lowest BCUT2D eigenvalue weighted by atomic mass is 10.2. The van der Waals surface area contributed by atoms with E-state index in [1.807, 2.05) is 43.0 Å². The van der Waals surface area contributed by atoms with E-state index in [1.165, 1.54) is 0 Å². The first-order valence-corrected chi connectivity index (χ1v) is 6.85. The molecule has 20 heavy (non-hydrogen) atoms. The molecule has 6 heteroatoms. The molecule has 1 aromatic heterocycles. The summed E-state index contributed by atoms with van der Waals surface area (Å²) in [4.78, 5) is 14.2. The number of amides is 1. The number of benzene rings is 1. The van der Waals surface area contributed by atoms with E-state index < -0.39 is 0 Å². The van der Waals surface area contributed by atoms with Crippen LogP contribution in [-0.4, -0.2) is 51.1 Å². The fraction of sp³-hybridized carbons (Fsp3) is 0.500. The van der Waals surface area contributed by atoms with E-state index in [0.29, 0.717) is 13.1 Å². The summed E-state index contributed by atoms with van der Waals surface area (Å²) >= 11 is 0. The number of para-hydroxylation sites is 1. The third-order valence-corrected chi connectivity index (χ3v) is 3.48. The quantitative estimate of drug-likeness (QED) is 0.822. The average molecular weight is 274 g/mol. The number of morpholine rings is 1. The first kappa shape index (κ1) is 13.1. The zero-order valence-corrected chi connectivity index (χ0v) is 11.7. The van der Waals surface area contributed by atoms with E-state index in [-0.39, 0.29) is 24.7 Å². The molecule has 1 aliphatic heterocycles. The number of carbonyl (C=O) groups excluding carboxylic acids is 1. The zero-order valence-electron chi connectivity index (χ0n) is 11.7. The summed E-state index contributed by atoms with van der Waals surface area (Å²) in [7, 11) is 0. The molecular weight excluding hydrogens is 256 g/mol. The van der Waals surface area contributed by atoms with Gasteiger partial charge in [0.2, 0.25) is 5.91 Å². The number of ether oxygens (including phenoxy) is 1. The Morgan fingerprint density at radius 3 is 2.75 bits per heavy atom. The SMILES string of the molecule is C[C@@H]1CN(C(=O)Cn2nnc3ccccc32)C[C@@H](C)O1. The Morgan fingerprint density at radius 1 is 1.30 bits per heavy atom. The number of aromatic nitrogens is 3.